The van der Waals surface area contributed by atoms with Gasteiger partial charge in [-0.1, -0.05) is 45.9 Å². The Hall–Kier alpha value is -4.07. The van der Waals surface area contributed by atoms with Crippen LogP contribution in [0.5, 0.6) is 0 Å². The normalized spacial score (nSPS) is 15.9. The standard InChI is InChI=1S/C30H24F3N3O5S2.2C2H6/c31-18-7-3-16(4-8-18)6-10-21-25(30(38)39)26(28-27(35-21)22-2-1-13-36(22)43(28,40)41)23-11-12-24(42-23)29(37)34-15-17-5-9-19(32)20(33)14-17;2*1-2/h3-5,7-9,11-12,14,22H,1-2,6,10,13,15H2,(H,34,37)(H,38,39);2*1-2H3. The highest BCUT2D eigenvalue weighted by atomic mass is 32.2. The largest absolute Gasteiger partial charge is 0.478 e. The first-order valence-electron chi connectivity index (χ1n) is 15.4. The molecule has 0 saturated carbocycles. The molecule has 8 nitrogen and oxygen atoms in total. The van der Waals surface area contributed by atoms with Crippen molar-refractivity contribution < 1.29 is 36.3 Å². The molecule has 47 heavy (non-hydrogen) atoms. The number of hydrogen-bond donors (Lipinski definition) is 2. The first-order chi connectivity index (χ1) is 22.5. The minimum absolute atomic E-state index is 0.00865. The maximum Gasteiger partial charge on any atom is 0.338 e. The quantitative estimate of drug-likeness (QED) is 0.198. The molecule has 6 rings (SSSR count). The number of carbonyl (C=O) groups excluding carboxylic acids is 1. The van der Waals surface area contributed by atoms with Crippen LogP contribution in [-0.4, -0.2) is 41.2 Å². The molecule has 2 aliphatic rings. The molecule has 2 aromatic carbocycles. The molecule has 1 amide bonds. The molecular formula is C34H36F3N3O5S2. The fourth-order valence-corrected chi connectivity index (χ4v) is 8.72. The number of benzene rings is 2. The average Bonchev–Trinajstić information content (AvgIpc) is 3.81. The smallest absolute Gasteiger partial charge is 0.338 e. The number of nitrogens with one attached hydrogen (secondary N) is 1. The average molecular weight is 688 g/mol. The molecule has 0 spiro atoms. The van der Waals surface area contributed by atoms with E-state index in [2.05, 4.69) is 10.3 Å². The van der Waals surface area contributed by atoms with Gasteiger partial charge in [-0.15, -0.1) is 11.3 Å². The van der Waals surface area contributed by atoms with Gasteiger partial charge in [0, 0.05) is 23.5 Å². The summed E-state index contributed by atoms with van der Waals surface area (Å²) in [5.41, 5.74) is 1.32. The predicted octanol–water partition coefficient (Wildman–Crippen LogP) is 7.53. The number of pyridine rings is 1. The fourth-order valence-electron chi connectivity index (χ4n) is 5.62. The van der Waals surface area contributed by atoms with Crippen molar-refractivity contribution >= 4 is 33.2 Å². The van der Waals surface area contributed by atoms with Gasteiger partial charge in [0.25, 0.3) is 5.91 Å². The molecule has 0 aliphatic carbocycles. The Morgan fingerprint density at radius 1 is 0.957 bits per heavy atom. The number of carboxylic acids is 1. The molecule has 250 valence electrons. The van der Waals surface area contributed by atoms with Crippen LogP contribution in [0.4, 0.5) is 13.2 Å². The van der Waals surface area contributed by atoms with Crippen LogP contribution in [0.2, 0.25) is 0 Å². The lowest BCUT2D eigenvalue weighted by molar-refractivity contribution is 0.0695. The molecular weight excluding hydrogens is 652 g/mol. The van der Waals surface area contributed by atoms with Crippen molar-refractivity contribution in [2.45, 2.75) is 70.9 Å². The maximum atomic E-state index is 13.7. The van der Waals surface area contributed by atoms with Crippen LogP contribution in [0.15, 0.2) is 59.5 Å². The number of sulfonamides is 1. The van der Waals surface area contributed by atoms with Crippen LogP contribution in [0.25, 0.3) is 10.4 Å². The molecule has 13 heteroatoms. The molecule has 0 radical (unpaired) electrons. The Balaban J connectivity index is 0.00000120. The highest BCUT2D eigenvalue weighted by Crippen LogP contribution is 2.50. The van der Waals surface area contributed by atoms with E-state index in [9.17, 15) is 36.3 Å². The Kier molecular flexibility index (Phi) is 11.6. The van der Waals surface area contributed by atoms with Gasteiger partial charge in [-0.3, -0.25) is 9.78 Å². The van der Waals surface area contributed by atoms with Gasteiger partial charge in [0.1, 0.15) is 10.7 Å². The van der Waals surface area contributed by atoms with E-state index < -0.39 is 45.4 Å². The maximum absolute atomic E-state index is 13.7. The number of fused-ring (bicyclic) bond motifs is 3. The van der Waals surface area contributed by atoms with Crippen molar-refractivity contribution in [3.63, 3.8) is 0 Å². The van der Waals surface area contributed by atoms with Gasteiger partial charge < -0.3 is 10.4 Å². The third-order valence-corrected chi connectivity index (χ3v) is 10.7. The Labute approximate surface area is 276 Å². The van der Waals surface area contributed by atoms with Crippen LogP contribution in [0.3, 0.4) is 0 Å². The number of carbonyl (C=O) groups is 2. The van der Waals surface area contributed by atoms with E-state index >= 15 is 0 Å². The summed E-state index contributed by atoms with van der Waals surface area (Å²) in [5.74, 6) is -4.37. The molecule has 1 unspecified atom stereocenters. The molecule has 2 aromatic heterocycles. The summed E-state index contributed by atoms with van der Waals surface area (Å²) < 4.78 is 69.1. The lowest BCUT2D eigenvalue weighted by Gasteiger charge is -2.15. The fraction of sp³-hybridized carbons (Fsp3) is 0.324. The van der Waals surface area contributed by atoms with Crippen LogP contribution in [0, 0.1) is 17.5 Å². The van der Waals surface area contributed by atoms with Crippen LogP contribution in [0.1, 0.15) is 89.1 Å². The molecule has 2 N–H and O–H groups in total. The number of halogens is 3. The summed E-state index contributed by atoms with van der Waals surface area (Å²) in [6, 6.07) is 11.5. The minimum Gasteiger partial charge on any atom is -0.478 e. The van der Waals surface area contributed by atoms with Crippen LogP contribution >= 0.6 is 11.3 Å². The molecule has 1 saturated heterocycles. The summed E-state index contributed by atoms with van der Waals surface area (Å²) >= 11 is 0.924. The summed E-state index contributed by atoms with van der Waals surface area (Å²) in [7, 11) is -4.07. The number of carboxylic acid groups (broad SMARTS) is 1. The summed E-state index contributed by atoms with van der Waals surface area (Å²) in [4.78, 5) is 30.6. The second-order valence-corrected chi connectivity index (χ2v) is 13.2. The van der Waals surface area contributed by atoms with Crippen molar-refractivity contribution in [1.29, 1.82) is 0 Å². The summed E-state index contributed by atoms with van der Waals surface area (Å²) in [6.45, 7) is 8.20. The van der Waals surface area contributed by atoms with Gasteiger partial charge in [0.15, 0.2) is 11.6 Å². The zero-order valence-corrected chi connectivity index (χ0v) is 28.1. The Morgan fingerprint density at radius 2 is 1.64 bits per heavy atom. The number of rotatable bonds is 8. The molecule has 1 atom stereocenters. The minimum atomic E-state index is -4.07. The molecule has 2 aliphatic heterocycles. The van der Waals surface area contributed by atoms with E-state index in [4.69, 9.17) is 0 Å². The van der Waals surface area contributed by atoms with E-state index in [1.54, 1.807) is 12.1 Å². The van der Waals surface area contributed by atoms with Crippen molar-refractivity contribution in [3.8, 4) is 10.4 Å². The molecule has 0 bridgehead atoms. The Morgan fingerprint density at radius 3 is 2.30 bits per heavy atom. The van der Waals surface area contributed by atoms with E-state index in [-0.39, 0.29) is 51.0 Å². The first-order valence-corrected chi connectivity index (χ1v) is 17.7. The van der Waals surface area contributed by atoms with Crippen molar-refractivity contribution in [2.75, 3.05) is 6.54 Å². The number of nitrogens with zero attached hydrogens (tertiary/aromatic N) is 2. The second kappa shape index (κ2) is 15.2. The molecule has 1 fully saturated rings. The summed E-state index contributed by atoms with van der Waals surface area (Å²) in [6.07, 6.45) is 1.69. The lowest BCUT2D eigenvalue weighted by Crippen LogP contribution is -2.23. The van der Waals surface area contributed by atoms with Gasteiger partial charge >= 0.3 is 5.97 Å². The van der Waals surface area contributed by atoms with Gasteiger partial charge in [-0.05, 0) is 73.2 Å². The van der Waals surface area contributed by atoms with Crippen LogP contribution in [-0.2, 0) is 29.4 Å². The lowest BCUT2D eigenvalue weighted by atomic mass is 9.97. The third-order valence-electron chi connectivity index (χ3n) is 7.63. The Bertz CT molecular complexity index is 1880. The zero-order chi connectivity index (χ0) is 34.5. The highest BCUT2D eigenvalue weighted by molar-refractivity contribution is 7.89. The molecule has 4 heterocycles. The van der Waals surface area contributed by atoms with E-state index in [1.165, 1.54) is 34.6 Å². The van der Waals surface area contributed by atoms with Gasteiger partial charge in [-0.2, -0.15) is 4.31 Å². The van der Waals surface area contributed by atoms with Crippen molar-refractivity contribution in [3.05, 3.63) is 105 Å². The number of amides is 1. The van der Waals surface area contributed by atoms with Gasteiger partial charge in [0.05, 0.1) is 27.9 Å². The number of hydrogen-bond acceptors (Lipinski definition) is 6. The molecule has 4 aromatic rings. The highest BCUT2D eigenvalue weighted by Gasteiger charge is 2.49. The van der Waals surface area contributed by atoms with Crippen molar-refractivity contribution in [1.82, 2.24) is 14.6 Å². The zero-order valence-electron chi connectivity index (χ0n) is 26.4. The van der Waals surface area contributed by atoms with Crippen molar-refractivity contribution in [2.24, 2.45) is 0 Å². The third kappa shape index (κ3) is 7.26. The SMILES string of the molecule is CC.CC.O=C(NCc1ccc(F)c(F)c1)c1ccc(-c2c(C(=O)O)c(CCc3ccc(F)cc3)nc3c2S(=O)(=O)N2CCCC32)s1. The summed E-state index contributed by atoms with van der Waals surface area (Å²) in [5, 5.41) is 13.0. The second-order valence-electron chi connectivity index (χ2n) is 10.3. The van der Waals surface area contributed by atoms with Gasteiger partial charge in [-0.25, -0.2) is 26.4 Å². The first kappa shape index (κ1) is 35.8. The number of thiophene rings is 1. The topological polar surface area (TPSA) is 117 Å². The number of aryl methyl sites for hydroxylation is 2. The van der Waals surface area contributed by atoms with E-state index in [0.717, 1.165) is 29.0 Å². The van der Waals surface area contributed by atoms with Gasteiger partial charge in [0.2, 0.25) is 10.0 Å². The predicted molar refractivity (Wildman–Crippen MR) is 174 cm³/mol. The number of aromatic nitrogens is 1. The van der Waals surface area contributed by atoms with E-state index in [1.807, 2.05) is 27.7 Å². The number of aromatic carboxylic acids is 1. The van der Waals surface area contributed by atoms with E-state index in [0.29, 0.717) is 30.5 Å². The van der Waals surface area contributed by atoms with Crippen LogP contribution < -0.4 is 5.32 Å². The monoisotopic (exact) mass is 687 g/mol.